The number of ether oxygens (including phenoxy) is 2. The number of methoxy groups -OCH3 is 1. The zero-order valence-corrected chi connectivity index (χ0v) is 23.4. The monoisotopic (exact) mass is 527 g/mol. The van der Waals surface area contributed by atoms with Crippen LogP contribution in [0.25, 0.3) is 5.76 Å². The molecule has 1 aliphatic heterocycles. The molecule has 3 aromatic carbocycles. The van der Waals surface area contributed by atoms with Crippen molar-refractivity contribution in [2.24, 2.45) is 0 Å². The van der Waals surface area contributed by atoms with E-state index in [9.17, 15) is 14.7 Å². The lowest BCUT2D eigenvalue weighted by atomic mass is 9.84. The van der Waals surface area contributed by atoms with Gasteiger partial charge in [-0.15, -0.1) is 0 Å². The molecule has 0 saturated carbocycles. The van der Waals surface area contributed by atoms with Crippen molar-refractivity contribution in [1.82, 2.24) is 4.90 Å². The minimum Gasteiger partial charge on any atom is -0.507 e. The number of nitrogens with zero attached hydrogens (tertiary/aromatic N) is 1. The van der Waals surface area contributed by atoms with Gasteiger partial charge in [0.25, 0.3) is 11.7 Å². The van der Waals surface area contributed by atoms with Crippen molar-refractivity contribution < 1.29 is 24.2 Å². The second-order valence-corrected chi connectivity index (χ2v) is 11.0. The number of hydrogen-bond acceptors (Lipinski definition) is 5. The van der Waals surface area contributed by atoms with Gasteiger partial charge in [-0.05, 0) is 59.2 Å². The molecule has 1 saturated heterocycles. The van der Waals surface area contributed by atoms with E-state index >= 15 is 0 Å². The topological polar surface area (TPSA) is 76.1 Å². The highest BCUT2D eigenvalue weighted by Gasteiger charge is 2.46. The fourth-order valence-corrected chi connectivity index (χ4v) is 4.81. The Labute approximate surface area is 230 Å². The summed E-state index contributed by atoms with van der Waals surface area (Å²) in [7, 11) is 1.60. The molecule has 1 N–H and O–H groups in total. The fourth-order valence-electron chi connectivity index (χ4n) is 4.81. The molecule has 0 radical (unpaired) electrons. The molecule has 0 aliphatic carbocycles. The van der Waals surface area contributed by atoms with Crippen molar-refractivity contribution in [3.05, 3.63) is 106 Å². The Kier molecular flexibility index (Phi) is 8.56. The van der Waals surface area contributed by atoms with Crippen LogP contribution in [0.2, 0.25) is 0 Å². The normalized spacial score (nSPS) is 17.1. The number of carbonyl (C=O) groups excluding carboxylic acids is 2. The summed E-state index contributed by atoms with van der Waals surface area (Å²) in [6, 6.07) is 22.4. The van der Waals surface area contributed by atoms with Crippen LogP contribution in [0, 0.1) is 6.92 Å². The third-order valence-corrected chi connectivity index (χ3v) is 7.09. The van der Waals surface area contributed by atoms with Gasteiger partial charge in [-0.2, -0.15) is 0 Å². The highest BCUT2D eigenvalue weighted by molar-refractivity contribution is 6.46. The Balaban J connectivity index is 1.74. The molecule has 1 unspecified atom stereocenters. The molecule has 0 spiro atoms. The van der Waals surface area contributed by atoms with Crippen LogP contribution in [-0.2, 0) is 26.3 Å². The minimum atomic E-state index is -0.720. The SMILES string of the molecule is COCCCN1C(=O)C(=O)/C(=C(/O)c2cc(C(C)(C)C)ccc2C)C1c1ccc(OCc2ccccc2)cc1. The number of aliphatic hydroxyl groups is 1. The van der Waals surface area contributed by atoms with Gasteiger partial charge in [-0.25, -0.2) is 0 Å². The third-order valence-electron chi connectivity index (χ3n) is 7.09. The van der Waals surface area contributed by atoms with Crippen LogP contribution in [0.3, 0.4) is 0 Å². The van der Waals surface area contributed by atoms with Gasteiger partial charge in [-0.3, -0.25) is 9.59 Å². The van der Waals surface area contributed by atoms with E-state index in [1.807, 2.05) is 79.7 Å². The maximum atomic E-state index is 13.4. The zero-order chi connectivity index (χ0) is 28.2. The minimum absolute atomic E-state index is 0.101. The Morgan fingerprint density at radius 3 is 2.31 bits per heavy atom. The van der Waals surface area contributed by atoms with Crippen LogP contribution in [-0.4, -0.2) is 42.0 Å². The van der Waals surface area contributed by atoms with Crippen molar-refractivity contribution >= 4 is 17.4 Å². The molecule has 1 fully saturated rings. The highest BCUT2D eigenvalue weighted by Crippen LogP contribution is 2.41. The second kappa shape index (κ2) is 11.9. The molecule has 1 amide bonds. The maximum Gasteiger partial charge on any atom is 0.295 e. The predicted molar refractivity (Wildman–Crippen MR) is 153 cm³/mol. The van der Waals surface area contributed by atoms with E-state index in [-0.39, 0.29) is 16.7 Å². The summed E-state index contributed by atoms with van der Waals surface area (Å²) in [5, 5.41) is 11.6. The smallest absolute Gasteiger partial charge is 0.295 e. The quantitative estimate of drug-likeness (QED) is 0.152. The Hall–Kier alpha value is -3.90. The molecule has 1 heterocycles. The van der Waals surface area contributed by atoms with Crippen LogP contribution in [0.5, 0.6) is 5.75 Å². The molecule has 6 heteroatoms. The first kappa shape index (κ1) is 28.1. The summed E-state index contributed by atoms with van der Waals surface area (Å²) in [4.78, 5) is 28.2. The molecule has 204 valence electrons. The van der Waals surface area contributed by atoms with Gasteiger partial charge in [0.2, 0.25) is 0 Å². The summed E-state index contributed by atoms with van der Waals surface area (Å²) in [6.07, 6.45) is 0.566. The van der Waals surface area contributed by atoms with Crippen molar-refractivity contribution in [2.45, 2.75) is 52.2 Å². The lowest BCUT2D eigenvalue weighted by Gasteiger charge is -2.26. The molecule has 6 nitrogen and oxygen atoms in total. The van der Waals surface area contributed by atoms with E-state index in [4.69, 9.17) is 9.47 Å². The van der Waals surface area contributed by atoms with Crippen LogP contribution in [0.1, 0.15) is 61.1 Å². The molecule has 1 aliphatic rings. The van der Waals surface area contributed by atoms with Crippen LogP contribution in [0.15, 0.2) is 78.4 Å². The number of ketones is 1. The first-order valence-corrected chi connectivity index (χ1v) is 13.3. The highest BCUT2D eigenvalue weighted by atomic mass is 16.5. The molecule has 1 atom stereocenters. The van der Waals surface area contributed by atoms with Gasteiger partial charge >= 0.3 is 0 Å². The average molecular weight is 528 g/mol. The predicted octanol–water partition coefficient (Wildman–Crippen LogP) is 6.33. The standard InChI is InChI=1S/C33H37NO5/c1-22-12-15-25(33(2,3)4)20-27(22)30(35)28-29(34(18-9-19-38-5)32(37)31(28)36)24-13-16-26(17-14-24)39-21-23-10-7-6-8-11-23/h6-8,10-17,20,29,35H,9,18-19,21H2,1-5H3/b30-28+. The number of carbonyl (C=O) groups is 2. The lowest BCUT2D eigenvalue weighted by molar-refractivity contribution is -0.140. The Bertz CT molecular complexity index is 1350. The number of aryl methyl sites for hydroxylation is 1. The van der Waals surface area contributed by atoms with Gasteiger partial charge in [0.05, 0.1) is 11.6 Å². The van der Waals surface area contributed by atoms with Crippen molar-refractivity contribution in [3.8, 4) is 5.75 Å². The van der Waals surface area contributed by atoms with Gasteiger partial charge in [0, 0.05) is 25.8 Å². The zero-order valence-electron chi connectivity index (χ0n) is 23.4. The van der Waals surface area contributed by atoms with E-state index in [0.29, 0.717) is 37.5 Å². The summed E-state index contributed by atoms with van der Waals surface area (Å²) in [5.74, 6) is -0.778. The van der Waals surface area contributed by atoms with Gasteiger partial charge in [-0.1, -0.05) is 75.4 Å². The number of Topliss-reactive ketones (excluding diaryl/α,β-unsaturated/α-hetero) is 1. The first-order chi connectivity index (χ1) is 18.6. The molecule has 0 bridgehead atoms. The molecular weight excluding hydrogens is 490 g/mol. The Morgan fingerprint density at radius 2 is 1.67 bits per heavy atom. The van der Waals surface area contributed by atoms with E-state index in [1.54, 1.807) is 7.11 Å². The van der Waals surface area contributed by atoms with Gasteiger partial charge in [0.1, 0.15) is 18.1 Å². The van der Waals surface area contributed by atoms with Crippen molar-refractivity contribution in [2.75, 3.05) is 20.3 Å². The number of amides is 1. The summed E-state index contributed by atoms with van der Waals surface area (Å²) < 4.78 is 11.1. The van der Waals surface area contributed by atoms with Crippen molar-refractivity contribution in [3.63, 3.8) is 0 Å². The van der Waals surface area contributed by atoms with E-state index in [1.165, 1.54) is 4.90 Å². The molecular formula is C33H37NO5. The molecule has 4 rings (SSSR count). The number of aliphatic hydroxyl groups excluding tert-OH is 1. The number of likely N-dealkylation sites (tertiary alicyclic amines) is 1. The number of rotatable bonds is 9. The second-order valence-electron chi connectivity index (χ2n) is 11.0. The molecule has 3 aromatic rings. The van der Waals surface area contributed by atoms with E-state index in [0.717, 1.165) is 22.3 Å². The van der Waals surface area contributed by atoms with Crippen LogP contribution in [0.4, 0.5) is 0 Å². The van der Waals surface area contributed by atoms with Crippen LogP contribution < -0.4 is 4.74 Å². The average Bonchev–Trinajstić information content (AvgIpc) is 3.17. The summed E-state index contributed by atoms with van der Waals surface area (Å²) >= 11 is 0. The third kappa shape index (κ3) is 6.23. The lowest BCUT2D eigenvalue weighted by Crippen LogP contribution is -2.31. The van der Waals surface area contributed by atoms with E-state index in [2.05, 4.69) is 20.8 Å². The van der Waals surface area contributed by atoms with Crippen molar-refractivity contribution in [1.29, 1.82) is 0 Å². The maximum absolute atomic E-state index is 13.4. The largest absolute Gasteiger partial charge is 0.507 e. The molecule has 0 aromatic heterocycles. The molecule has 39 heavy (non-hydrogen) atoms. The number of benzene rings is 3. The number of hydrogen-bond donors (Lipinski definition) is 1. The summed E-state index contributed by atoms with van der Waals surface area (Å²) in [6.45, 7) is 9.39. The Morgan fingerprint density at radius 1 is 0.974 bits per heavy atom. The first-order valence-electron chi connectivity index (χ1n) is 13.3. The fraction of sp³-hybridized carbons (Fsp3) is 0.333. The van der Waals surface area contributed by atoms with E-state index < -0.39 is 17.7 Å². The van der Waals surface area contributed by atoms with Gasteiger partial charge in [0.15, 0.2) is 0 Å². The van der Waals surface area contributed by atoms with Gasteiger partial charge < -0.3 is 19.5 Å². The van der Waals surface area contributed by atoms with Crippen LogP contribution >= 0.6 is 0 Å². The summed E-state index contributed by atoms with van der Waals surface area (Å²) in [5.41, 5.74) is 4.15.